The SMILES string of the molecule is CCOC(=O)CC(CC(=O)O)(CC(=O)O)C(C)=O. The second kappa shape index (κ2) is 6.73. The van der Waals surface area contributed by atoms with Crippen molar-refractivity contribution in [3.05, 3.63) is 0 Å². The smallest absolute Gasteiger partial charge is 0.306 e. The molecule has 0 saturated carbocycles. The summed E-state index contributed by atoms with van der Waals surface area (Å²) in [6.07, 6.45) is -1.98. The van der Waals surface area contributed by atoms with E-state index in [1.807, 2.05) is 0 Å². The number of aliphatic carboxylic acids is 2. The number of ether oxygens (including phenoxy) is 1. The predicted octanol–water partition coefficient (Wildman–Crippen LogP) is 0.464. The minimum absolute atomic E-state index is 0.0764. The molecule has 7 nitrogen and oxygen atoms in total. The third-order valence-corrected chi connectivity index (χ3v) is 2.51. The Labute approximate surface area is 104 Å². The first-order valence-corrected chi connectivity index (χ1v) is 5.33. The third-order valence-electron chi connectivity index (χ3n) is 2.51. The van der Waals surface area contributed by atoms with E-state index in [1.54, 1.807) is 6.92 Å². The Balaban J connectivity index is 5.18. The summed E-state index contributed by atoms with van der Waals surface area (Å²) in [4.78, 5) is 44.4. The van der Waals surface area contributed by atoms with Crippen molar-refractivity contribution in [1.82, 2.24) is 0 Å². The molecule has 0 rings (SSSR count). The van der Waals surface area contributed by atoms with Crippen LogP contribution in [0, 0.1) is 5.41 Å². The topological polar surface area (TPSA) is 118 Å². The Morgan fingerprint density at radius 2 is 1.44 bits per heavy atom. The molecule has 0 spiro atoms. The van der Waals surface area contributed by atoms with Crippen molar-refractivity contribution in [2.24, 2.45) is 5.41 Å². The third kappa shape index (κ3) is 4.94. The van der Waals surface area contributed by atoms with Gasteiger partial charge in [-0.25, -0.2) is 0 Å². The van der Waals surface area contributed by atoms with E-state index in [2.05, 4.69) is 4.74 Å². The number of carboxylic acid groups (broad SMARTS) is 2. The Bertz CT molecular complexity index is 342. The number of ketones is 1. The molecule has 2 N–H and O–H groups in total. The highest BCUT2D eigenvalue weighted by Crippen LogP contribution is 2.33. The molecule has 18 heavy (non-hydrogen) atoms. The molecule has 0 aromatic rings. The van der Waals surface area contributed by atoms with Crippen molar-refractivity contribution in [2.45, 2.75) is 33.1 Å². The van der Waals surface area contributed by atoms with E-state index in [4.69, 9.17) is 10.2 Å². The fourth-order valence-electron chi connectivity index (χ4n) is 1.63. The van der Waals surface area contributed by atoms with Gasteiger partial charge in [-0.2, -0.15) is 0 Å². The second-order valence-electron chi connectivity index (χ2n) is 3.96. The van der Waals surface area contributed by atoms with Crippen molar-refractivity contribution in [3.8, 4) is 0 Å². The van der Waals surface area contributed by atoms with Gasteiger partial charge in [0.15, 0.2) is 0 Å². The van der Waals surface area contributed by atoms with E-state index >= 15 is 0 Å². The van der Waals surface area contributed by atoms with E-state index in [-0.39, 0.29) is 6.61 Å². The average Bonchev–Trinajstić information content (AvgIpc) is 2.14. The number of hydrogen-bond donors (Lipinski definition) is 2. The number of carboxylic acids is 2. The summed E-state index contributed by atoms with van der Waals surface area (Å²) < 4.78 is 4.63. The lowest BCUT2D eigenvalue weighted by atomic mass is 9.75. The number of hydrogen-bond acceptors (Lipinski definition) is 5. The number of carbonyl (C=O) groups excluding carboxylic acids is 2. The average molecular weight is 260 g/mol. The molecule has 0 unspecified atom stereocenters. The molecular formula is C11H16O7. The van der Waals surface area contributed by atoms with Crippen LogP contribution < -0.4 is 0 Å². The van der Waals surface area contributed by atoms with Gasteiger partial charge in [0.2, 0.25) is 0 Å². The van der Waals surface area contributed by atoms with Crippen LogP contribution in [0.3, 0.4) is 0 Å². The van der Waals surface area contributed by atoms with Crippen molar-refractivity contribution < 1.29 is 34.1 Å². The van der Waals surface area contributed by atoms with Crippen LogP contribution in [0.1, 0.15) is 33.1 Å². The van der Waals surface area contributed by atoms with E-state index < -0.39 is 48.4 Å². The molecule has 0 aromatic carbocycles. The Morgan fingerprint density at radius 3 is 1.72 bits per heavy atom. The highest BCUT2D eigenvalue weighted by atomic mass is 16.5. The number of esters is 1. The molecule has 0 radical (unpaired) electrons. The summed E-state index contributed by atoms with van der Waals surface area (Å²) in [5, 5.41) is 17.5. The van der Waals surface area contributed by atoms with Crippen LogP contribution in [-0.2, 0) is 23.9 Å². The fraction of sp³-hybridized carbons (Fsp3) is 0.636. The largest absolute Gasteiger partial charge is 0.481 e. The predicted molar refractivity (Wildman–Crippen MR) is 58.9 cm³/mol. The lowest BCUT2D eigenvalue weighted by Crippen LogP contribution is -2.37. The lowest BCUT2D eigenvalue weighted by molar-refractivity contribution is -0.156. The molecule has 7 heteroatoms. The standard InChI is InChI=1S/C11H16O7/c1-3-18-10(17)6-11(7(2)12,4-8(13)14)5-9(15)16/h3-6H2,1-2H3,(H,13,14)(H,15,16). The normalized spacial score (nSPS) is 10.8. The van der Waals surface area contributed by atoms with Gasteiger partial charge < -0.3 is 14.9 Å². The Kier molecular flexibility index (Phi) is 6.01. The van der Waals surface area contributed by atoms with Crippen molar-refractivity contribution in [3.63, 3.8) is 0 Å². The molecule has 0 fully saturated rings. The summed E-state index contributed by atoms with van der Waals surface area (Å²) in [5.74, 6) is -4.11. The summed E-state index contributed by atoms with van der Waals surface area (Å²) in [5.41, 5.74) is -1.75. The molecule has 0 saturated heterocycles. The second-order valence-corrected chi connectivity index (χ2v) is 3.96. The van der Waals surface area contributed by atoms with Crippen LogP contribution in [0.5, 0.6) is 0 Å². The van der Waals surface area contributed by atoms with Gasteiger partial charge in [-0.05, 0) is 13.8 Å². The van der Waals surface area contributed by atoms with Gasteiger partial charge in [0.1, 0.15) is 5.78 Å². The number of Topliss-reactive ketones (excluding diaryl/α,β-unsaturated/α-hetero) is 1. The molecule has 0 aliphatic heterocycles. The van der Waals surface area contributed by atoms with Gasteiger partial charge in [0.05, 0.1) is 31.3 Å². The van der Waals surface area contributed by atoms with E-state index in [9.17, 15) is 19.2 Å². The van der Waals surface area contributed by atoms with Crippen LogP contribution in [-0.4, -0.2) is 40.5 Å². The summed E-state index contributed by atoms with van der Waals surface area (Å²) in [6.45, 7) is 2.71. The number of carbonyl (C=O) groups is 4. The maximum absolute atomic E-state index is 11.5. The molecule has 0 heterocycles. The van der Waals surface area contributed by atoms with Crippen molar-refractivity contribution in [1.29, 1.82) is 0 Å². The van der Waals surface area contributed by atoms with Gasteiger partial charge in [0.25, 0.3) is 0 Å². The lowest BCUT2D eigenvalue weighted by Gasteiger charge is -2.26. The first-order chi connectivity index (χ1) is 8.23. The maximum Gasteiger partial charge on any atom is 0.306 e. The molecule has 0 atom stereocenters. The molecule has 0 aromatic heterocycles. The molecule has 0 aliphatic carbocycles. The monoisotopic (exact) mass is 260 g/mol. The van der Waals surface area contributed by atoms with E-state index in [0.717, 1.165) is 6.92 Å². The van der Waals surface area contributed by atoms with Gasteiger partial charge in [0, 0.05) is 0 Å². The van der Waals surface area contributed by atoms with Gasteiger partial charge in [-0.3, -0.25) is 19.2 Å². The van der Waals surface area contributed by atoms with Crippen molar-refractivity contribution >= 4 is 23.7 Å². The van der Waals surface area contributed by atoms with Crippen molar-refractivity contribution in [2.75, 3.05) is 6.61 Å². The first kappa shape index (κ1) is 16.1. The van der Waals surface area contributed by atoms with E-state index in [0.29, 0.717) is 0 Å². The first-order valence-electron chi connectivity index (χ1n) is 5.33. The van der Waals surface area contributed by atoms with Crippen LogP contribution in [0.25, 0.3) is 0 Å². The highest BCUT2D eigenvalue weighted by molar-refractivity contribution is 5.93. The minimum Gasteiger partial charge on any atom is -0.481 e. The summed E-state index contributed by atoms with van der Waals surface area (Å²) in [7, 11) is 0. The van der Waals surface area contributed by atoms with Gasteiger partial charge in [-0.1, -0.05) is 0 Å². The highest BCUT2D eigenvalue weighted by Gasteiger charge is 2.42. The van der Waals surface area contributed by atoms with Crippen LogP contribution in [0.4, 0.5) is 0 Å². The molecule has 0 aliphatic rings. The van der Waals surface area contributed by atoms with Gasteiger partial charge >= 0.3 is 17.9 Å². The zero-order chi connectivity index (χ0) is 14.3. The molecule has 0 bridgehead atoms. The molecule has 102 valence electrons. The van der Waals surface area contributed by atoms with Crippen LogP contribution in [0.2, 0.25) is 0 Å². The molecule has 0 amide bonds. The zero-order valence-electron chi connectivity index (χ0n) is 10.3. The van der Waals surface area contributed by atoms with Crippen LogP contribution >= 0.6 is 0 Å². The van der Waals surface area contributed by atoms with Gasteiger partial charge in [-0.15, -0.1) is 0 Å². The summed E-state index contributed by atoms with van der Waals surface area (Å²) in [6, 6.07) is 0. The van der Waals surface area contributed by atoms with Crippen LogP contribution in [0.15, 0.2) is 0 Å². The summed E-state index contributed by atoms with van der Waals surface area (Å²) >= 11 is 0. The zero-order valence-corrected chi connectivity index (χ0v) is 10.3. The number of rotatable bonds is 8. The molecular weight excluding hydrogens is 244 g/mol. The quantitative estimate of drug-likeness (QED) is 0.608. The Morgan fingerprint density at radius 1 is 1.00 bits per heavy atom. The minimum atomic E-state index is -1.75. The fourth-order valence-corrected chi connectivity index (χ4v) is 1.63. The van der Waals surface area contributed by atoms with E-state index in [1.165, 1.54) is 0 Å². The Hall–Kier alpha value is -1.92. The maximum atomic E-state index is 11.5.